The van der Waals surface area contributed by atoms with Gasteiger partial charge in [-0.3, -0.25) is 0 Å². The number of hydrogen-bond donors (Lipinski definition) is 2. The molecule has 3 rings (SSSR count). The lowest BCUT2D eigenvalue weighted by Gasteiger charge is -2.05. The SMILES string of the molecule is CCCn1c(C)nc2cc(NC=C(C#N)c3nn[nH]n3)ccc21. The van der Waals surface area contributed by atoms with Gasteiger partial charge in [-0.25, -0.2) is 4.98 Å². The zero-order chi connectivity index (χ0) is 16.2. The lowest BCUT2D eigenvalue weighted by atomic mass is 10.2. The van der Waals surface area contributed by atoms with Gasteiger partial charge < -0.3 is 9.88 Å². The van der Waals surface area contributed by atoms with Crippen molar-refractivity contribution in [2.75, 3.05) is 5.32 Å². The largest absolute Gasteiger partial charge is 0.360 e. The second-order valence-corrected chi connectivity index (χ2v) is 5.06. The molecule has 0 aliphatic rings. The minimum Gasteiger partial charge on any atom is -0.360 e. The van der Waals surface area contributed by atoms with E-state index in [1.807, 2.05) is 31.2 Å². The van der Waals surface area contributed by atoms with Gasteiger partial charge in [0, 0.05) is 18.4 Å². The van der Waals surface area contributed by atoms with Gasteiger partial charge in [-0.15, -0.1) is 10.2 Å². The Morgan fingerprint density at radius 3 is 3.04 bits per heavy atom. The molecule has 0 bridgehead atoms. The molecule has 0 unspecified atom stereocenters. The van der Waals surface area contributed by atoms with Crippen LogP contribution in [0, 0.1) is 18.3 Å². The number of imidazole rings is 1. The van der Waals surface area contributed by atoms with E-state index in [4.69, 9.17) is 5.26 Å². The molecule has 0 radical (unpaired) electrons. The second kappa shape index (κ2) is 6.27. The van der Waals surface area contributed by atoms with Crippen molar-refractivity contribution < 1.29 is 0 Å². The summed E-state index contributed by atoms with van der Waals surface area (Å²) < 4.78 is 2.20. The number of aromatic nitrogens is 6. The third-order valence-corrected chi connectivity index (χ3v) is 3.48. The first kappa shape index (κ1) is 14.7. The molecule has 0 aliphatic heterocycles. The van der Waals surface area contributed by atoms with Gasteiger partial charge in [-0.2, -0.15) is 10.5 Å². The number of allylic oxidation sites excluding steroid dienone is 1. The fourth-order valence-corrected chi connectivity index (χ4v) is 2.42. The molecule has 116 valence electrons. The van der Waals surface area contributed by atoms with E-state index in [1.54, 1.807) is 6.20 Å². The van der Waals surface area contributed by atoms with Crippen LogP contribution in [-0.2, 0) is 6.54 Å². The highest BCUT2D eigenvalue weighted by Crippen LogP contribution is 2.21. The van der Waals surface area contributed by atoms with E-state index in [2.05, 4.69) is 42.4 Å². The molecular weight excluding hydrogens is 292 g/mol. The molecule has 0 saturated heterocycles. The van der Waals surface area contributed by atoms with Gasteiger partial charge in [0.25, 0.3) is 0 Å². The van der Waals surface area contributed by atoms with Crippen LogP contribution in [0.5, 0.6) is 0 Å². The minimum atomic E-state index is 0.254. The fourth-order valence-electron chi connectivity index (χ4n) is 2.42. The summed E-state index contributed by atoms with van der Waals surface area (Å²) in [5.41, 5.74) is 3.17. The Balaban J connectivity index is 1.88. The Kier molecular flexibility index (Phi) is 4.01. The number of anilines is 1. The molecule has 0 atom stereocenters. The average Bonchev–Trinajstić information content (AvgIpc) is 3.17. The van der Waals surface area contributed by atoms with Crippen molar-refractivity contribution in [3.8, 4) is 6.07 Å². The molecule has 0 fully saturated rings. The maximum atomic E-state index is 9.15. The van der Waals surface area contributed by atoms with Crippen LogP contribution >= 0.6 is 0 Å². The van der Waals surface area contributed by atoms with Crippen LogP contribution in [0.25, 0.3) is 16.6 Å². The Bertz CT molecular complexity index is 882. The number of tetrazole rings is 1. The Hall–Kier alpha value is -3.21. The zero-order valence-corrected chi connectivity index (χ0v) is 12.9. The summed E-state index contributed by atoms with van der Waals surface area (Å²) in [5, 5.41) is 25.6. The van der Waals surface area contributed by atoms with Crippen molar-refractivity contribution >= 4 is 22.3 Å². The van der Waals surface area contributed by atoms with Gasteiger partial charge in [0.15, 0.2) is 0 Å². The van der Waals surface area contributed by atoms with E-state index >= 15 is 0 Å². The smallest absolute Gasteiger partial charge is 0.216 e. The third kappa shape index (κ3) is 2.89. The minimum absolute atomic E-state index is 0.254. The van der Waals surface area contributed by atoms with Gasteiger partial charge in [0.05, 0.1) is 11.0 Å². The molecule has 23 heavy (non-hydrogen) atoms. The van der Waals surface area contributed by atoms with Gasteiger partial charge in [0.2, 0.25) is 5.82 Å². The summed E-state index contributed by atoms with van der Waals surface area (Å²) in [7, 11) is 0. The first-order valence-electron chi connectivity index (χ1n) is 7.30. The van der Waals surface area contributed by atoms with Crippen molar-refractivity contribution in [1.82, 2.24) is 30.2 Å². The molecule has 2 N–H and O–H groups in total. The van der Waals surface area contributed by atoms with E-state index in [9.17, 15) is 0 Å². The predicted molar refractivity (Wildman–Crippen MR) is 86.2 cm³/mol. The molecule has 2 heterocycles. The van der Waals surface area contributed by atoms with Crippen LogP contribution < -0.4 is 5.32 Å². The van der Waals surface area contributed by atoms with Crippen molar-refractivity contribution in [3.05, 3.63) is 36.0 Å². The highest BCUT2D eigenvalue weighted by Gasteiger charge is 2.08. The quantitative estimate of drug-likeness (QED) is 0.700. The number of H-pyrrole nitrogens is 1. The summed E-state index contributed by atoms with van der Waals surface area (Å²) >= 11 is 0. The van der Waals surface area contributed by atoms with Crippen LogP contribution in [0.4, 0.5) is 5.69 Å². The van der Waals surface area contributed by atoms with Gasteiger partial charge >= 0.3 is 0 Å². The molecular formula is C15H16N8. The first-order valence-corrected chi connectivity index (χ1v) is 7.30. The highest BCUT2D eigenvalue weighted by atomic mass is 15.5. The highest BCUT2D eigenvalue weighted by molar-refractivity contribution is 5.81. The van der Waals surface area contributed by atoms with Crippen molar-refractivity contribution in [1.29, 1.82) is 5.26 Å². The number of rotatable bonds is 5. The number of hydrogen-bond acceptors (Lipinski definition) is 6. The number of nitrogens with zero attached hydrogens (tertiary/aromatic N) is 6. The first-order chi connectivity index (χ1) is 11.2. The molecule has 8 nitrogen and oxygen atoms in total. The molecule has 1 aromatic carbocycles. The second-order valence-electron chi connectivity index (χ2n) is 5.06. The van der Waals surface area contributed by atoms with E-state index in [0.717, 1.165) is 35.5 Å². The molecule has 0 aliphatic carbocycles. The third-order valence-electron chi connectivity index (χ3n) is 3.48. The van der Waals surface area contributed by atoms with E-state index in [0.29, 0.717) is 5.57 Å². The average molecular weight is 308 g/mol. The maximum absolute atomic E-state index is 9.15. The monoisotopic (exact) mass is 308 g/mol. The van der Waals surface area contributed by atoms with Gasteiger partial charge in [0.1, 0.15) is 17.5 Å². The van der Waals surface area contributed by atoms with Crippen LogP contribution in [0.2, 0.25) is 0 Å². The molecule has 0 saturated carbocycles. The Labute approximate surface area is 132 Å². The number of nitriles is 1. The van der Waals surface area contributed by atoms with Crippen molar-refractivity contribution in [2.45, 2.75) is 26.8 Å². The normalized spacial score (nSPS) is 11.6. The number of aromatic amines is 1. The van der Waals surface area contributed by atoms with E-state index < -0.39 is 0 Å². The Morgan fingerprint density at radius 1 is 1.48 bits per heavy atom. The Morgan fingerprint density at radius 2 is 2.35 bits per heavy atom. The molecule has 2 aromatic heterocycles. The fraction of sp³-hybridized carbons (Fsp3) is 0.267. The lowest BCUT2D eigenvalue weighted by Crippen LogP contribution is -1.98. The number of fused-ring (bicyclic) bond motifs is 1. The van der Waals surface area contributed by atoms with E-state index in [-0.39, 0.29) is 5.82 Å². The lowest BCUT2D eigenvalue weighted by molar-refractivity contribution is 0.676. The van der Waals surface area contributed by atoms with Crippen LogP contribution in [0.1, 0.15) is 25.0 Å². The number of nitrogens with one attached hydrogen (secondary N) is 2. The molecule has 8 heteroatoms. The van der Waals surface area contributed by atoms with Crippen LogP contribution in [0.3, 0.4) is 0 Å². The maximum Gasteiger partial charge on any atom is 0.216 e. The van der Waals surface area contributed by atoms with E-state index in [1.165, 1.54) is 0 Å². The van der Waals surface area contributed by atoms with Crippen molar-refractivity contribution in [3.63, 3.8) is 0 Å². The van der Waals surface area contributed by atoms with Crippen LogP contribution in [0.15, 0.2) is 24.4 Å². The molecule has 0 amide bonds. The standard InChI is InChI=1S/C15H16N8/c1-3-6-23-10(2)18-13-7-12(4-5-14(13)23)17-9-11(8-16)15-19-21-22-20-15/h4-5,7,9,17H,3,6H2,1-2H3,(H,19,20,21,22). The summed E-state index contributed by atoms with van der Waals surface area (Å²) in [6.07, 6.45) is 2.62. The van der Waals surface area contributed by atoms with Gasteiger partial charge in [-0.05, 0) is 36.8 Å². The topological polar surface area (TPSA) is 108 Å². The number of aryl methyl sites for hydroxylation is 2. The summed E-state index contributed by atoms with van der Waals surface area (Å²) in [6, 6.07) is 7.98. The summed E-state index contributed by atoms with van der Waals surface area (Å²) in [4.78, 5) is 4.59. The summed E-state index contributed by atoms with van der Waals surface area (Å²) in [5.74, 6) is 1.25. The van der Waals surface area contributed by atoms with Crippen molar-refractivity contribution in [2.24, 2.45) is 0 Å². The molecule has 3 aromatic rings. The summed E-state index contributed by atoms with van der Waals surface area (Å²) in [6.45, 7) is 5.10. The molecule has 0 spiro atoms. The zero-order valence-electron chi connectivity index (χ0n) is 12.9. The predicted octanol–water partition coefficient (Wildman–Crippen LogP) is 2.24. The van der Waals surface area contributed by atoms with Crippen LogP contribution in [-0.4, -0.2) is 30.2 Å². The number of benzene rings is 1. The van der Waals surface area contributed by atoms with Gasteiger partial charge in [-0.1, -0.05) is 6.92 Å².